The Kier molecular flexibility index (Phi) is 2.76. The lowest BCUT2D eigenvalue weighted by molar-refractivity contribution is 0.100. The van der Waals surface area contributed by atoms with Gasteiger partial charge in [-0.25, -0.2) is 0 Å². The first kappa shape index (κ1) is 11.2. The molecule has 16 heavy (non-hydrogen) atoms. The zero-order valence-corrected chi connectivity index (χ0v) is 10.8. The minimum Gasteiger partial charge on any atom is -0.366 e. The number of primary amides is 1. The summed E-state index contributed by atoms with van der Waals surface area (Å²) in [7, 11) is 0. The van der Waals surface area contributed by atoms with Crippen LogP contribution in [0.5, 0.6) is 0 Å². The number of amides is 1. The van der Waals surface area contributed by atoms with Crippen molar-refractivity contribution in [3.05, 3.63) is 34.4 Å². The van der Waals surface area contributed by atoms with Crippen LogP contribution in [0.3, 0.4) is 0 Å². The van der Waals surface area contributed by atoms with Crippen molar-refractivity contribution >= 4 is 32.7 Å². The van der Waals surface area contributed by atoms with E-state index < -0.39 is 5.91 Å². The van der Waals surface area contributed by atoms with Gasteiger partial charge >= 0.3 is 0 Å². The number of halogens is 1. The average molecular weight is 281 g/mol. The van der Waals surface area contributed by atoms with Crippen LogP contribution in [0.4, 0.5) is 0 Å². The maximum absolute atomic E-state index is 11.3. The van der Waals surface area contributed by atoms with Crippen molar-refractivity contribution in [2.24, 2.45) is 5.73 Å². The molecule has 0 fully saturated rings. The summed E-state index contributed by atoms with van der Waals surface area (Å²) in [6.45, 7) is 4.20. The first-order chi connectivity index (χ1) is 7.52. The van der Waals surface area contributed by atoms with E-state index >= 15 is 0 Å². The van der Waals surface area contributed by atoms with E-state index in [4.69, 9.17) is 5.73 Å². The van der Waals surface area contributed by atoms with Gasteiger partial charge in [-0.05, 0) is 41.9 Å². The van der Waals surface area contributed by atoms with E-state index in [1.54, 1.807) is 6.07 Å². The monoisotopic (exact) mass is 280 g/mol. The number of fused-ring (bicyclic) bond motifs is 1. The Morgan fingerprint density at radius 2 is 2.12 bits per heavy atom. The van der Waals surface area contributed by atoms with E-state index in [0.717, 1.165) is 15.4 Å². The summed E-state index contributed by atoms with van der Waals surface area (Å²) in [5, 5.41) is 0.892. The van der Waals surface area contributed by atoms with Gasteiger partial charge in [0.05, 0.1) is 5.52 Å². The van der Waals surface area contributed by atoms with E-state index in [2.05, 4.69) is 34.3 Å². The quantitative estimate of drug-likeness (QED) is 0.903. The molecule has 0 aliphatic heterocycles. The molecule has 3 nitrogen and oxygen atoms in total. The van der Waals surface area contributed by atoms with Crippen molar-refractivity contribution < 1.29 is 4.79 Å². The highest BCUT2D eigenvalue weighted by Crippen LogP contribution is 2.31. The van der Waals surface area contributed by atoms with Crippen LogP contribution in [0.2, 0.25) is 0 Å². The third-order valence-corrected chi connectivity index (χ3v) is 3.23. The molecule has 0 unspecified atom stereocenters. The number of benzene rings is 1. The maximum atomic E-state index is 11.3. The lowest BCUT2D eigenvalue weighted by Crippen LogP contribution is -2.11. The van der Waals surface area contributed by atoms with Crippen LogP contribution in [0, 0.1) is 0 Å². The topological polar surface area (TPSA) is 48.0 Å². The summed E-state index contributed by atoms with van der Waals surface area (Å²) in [5.74, 6) is -0.396. The fraction of sp³-hybridized carbons (Fsp3) is 0.250. The zero-order chi connectivity index (χ0) is 11.9. The van der Waals surface area contributed by atoms with Gasteiger partial charge in [0.2, 0.25) is 5.91 Å². The van der Waals surface area contributed by atoms with Crippen molar-refractivity contribution in [1.29, 1.82) is 0 Å². The Balaban J connectivity index is 2.84. The summed E-state index contributed by atoms with van der Waals surface area (Å²) in [4.78, 5) is 11.3. The van der Waals surface area contributed by atoms with Crippen molar-refractivity contribution in [3.8, 4) is 0 Å². The molecule has 0 saturated heterocycles. The second-order valence-corrected chi connectivity index (χ2v) is 4.90. The van der Waals surface area contributed by atoms with Crippen molar-refractivity contribution in [3.63, 3.8) is 0 Å². The lowest BCUT2D eigenvalue weighted by atomic mass is 10.1. The van der Waals surface area contributed by atoms with Gasteiger partial charge in [-0.1, -0.05) is 6.07 Å². The van der Waals surface area contributed by atoms with Gasteiger partial charge in [-0.15, -0.1) is 0 Å². The fourth-order valence-corrected chi connectivity index (χ4v) is 2.53. The molecule has 0 atom stereocenters. The summed E-state index contributed by atoms with van der Waals surface area (Å²) in [6.07, 6.45) is 1.99. The molecule has 1 amide bonds. The second-order valence-electron chi connectivity index (χ2n) is 4.04. The lowest BCUT2D eigenvalue weighted by Gasteiger charge is -2.09. The molecule has 0 aliphatic carbocycles. The average Bonchev–Trinajstić information content (AvgIpc) is 2.56. The molecule has 1 aromatic carbocycles. The van der Waals surface area contributed by atoms with Gasteiger partial charge in [0.1, 0.15) is 0 Å². The van der Waals surface area contributed by atoms with Gasteiger partial charge in [0.15, 0.2) is 0 Å². The molecule has 0 aliphatic rings. The van der Waals surface area contributed by atoms with Gasteiger partial charge in [-0.3, -0.25) is 4.79 Å². The van der Waals surface area contributed by atoms with Crippen molar-refractivity contribution in [2.45, 2.75) is 19.9 Å². The highest BCUT2D eigenvalue weighted by molar-refractivity contribution is 9.10. The Hall–Kier alpha value is -1.29. The molecular formula is C12H13BrN2O. The van der Waals surface area contributed by atoms with Crippen LogP contribution in [-0.4, -0.2) is 10.5 Å². The van der Waals surface area contributed by atoms with Crippen LogP contribution in [0.25, 0.3) is 10.9 Å². The van der Waals surface area contributed by atoms with Crippen LogP contribution in [0.1, 0.15) is 30.2 Å². The number of nitrogens with two attached hydrogens (primary N) is 1. The Morgan fingerprint density at radius 3 is 2.69 bits per heavy atom. The Morgan fingerprint density at radius 1 is 1.44 bits per heavy atom. The van der Waals surface area contributed by atoms with E-state index in [0.29, 0.717) is 11.6 Å². The summed E-state index contributed by atoms with van der Waals surface area (Å²) in [5.41, 5.74) is 6.95. The molecule has 2 N–H and O–H groups in total. The van der Waals surface area contributed by atoms with Gasteiger partial charge in [0, 0.05) is 27.7 Å². The first-order valence-corrected chi connectivity index (χ1v) is 5.90. The van der Waals surface area contributed by atoms with Gasteiger partial charge in [-0.2, -0.15) is 0 Å². The number of hydrogen-bond acceptors (Lipinski definition) is 1. The van der Waals surface area contributed by atoms with E-state index in [9.17, 15) is 4.79 Å². The third kappa shape index (κ3) is 1.63. The minimum absolute atomic E-state index is 0.344. The van der Waals surface area contributed by atoms with Gasteiger partial charge < -0.3 is 10.3 Å². The van der Waals surface area contributed by atoms with Gasteiger partial charge in [0.25, 0.3) is 0 Å². The van der Waals surface area contributed by atoms with E-state index in [-0.39, 0.29) is 0 Å². The zero-order valence-electron chi connectivity index (χ0n) is 9.20. The number of aromatic nitrogens is 1. The minimum atomic E-state index is -0.396. The molecule has 0 radical (unpaired) electrons. The number of carbonyl (C=O) groups excluding carboxylic acids is 1. The fourth-order valence-electron chi connectivity index (χ4n) is 1.90. The molecule has 1 aromatic heterocycles. The Bertz CT molecular complexity index is 557. The molecule has 4 heteroatoms. The number of hydrogen-bond donors (Lipinski definition) is 1. The normalized spacial score (nSPS) is 11.2. The molecule has 0 spiro atoms. The highest BCUT2D eigenvalue weighted by atomic mass is 79.9. The Labute approximate surface area is 102 Å². The molecule has 2 rings (SSSR count). The maximum Gasteiger partial charge on any atom is 0.249 e. The third-order valence-electron chi connectivity index (χ3n) is 2.63. The molecular weight excluding hydrogens is 268 g/mol. The molecule has 1 heterocycles. The largest absolute Gasteiger partial charge is 0.366 e. The second kappa shape index (κ2) is 3.94. The van der Waals surface area contributed by atoms with E-state index in [1.807, 2.05) is 18.3 Å². The first-order valence-electron chi connectivity index (χ1n) is 5.11. The molecule has 0 bridgehead atoms. The number of nitrogens with zero attached hydrogens (tertiary/aromatic N) is 1. The molecule has 84 valence electrons. The van der Waals surface area contributed by atoms with Crippen molar-refractivity contribution in [1.82, 2.24) is 4.57 Å². The standard InChI is InChI=1S/C12H13BrN2O/c1-7(2)15-6-9(13)11-8(12(14)16)4-3-5-10(11)15/h3-7H,1-2H3,(H2,14,16). The predicted octanol–water partition coefficient (Wildman–Crippen LogP) is 3.08. The molecule has 2 aromatic rings. The summed E-state index contributed by atoms with van der Waals surface area (Å²) < 4.78 is 3.02. The summed E-state index contributed by atoms with van der Waals surface area (Å²) >= 11 is 3.48. The van der Waals surface area contributed by atoms with Crippen LogP contribution < -0.4 is 5.73 Å². The summed E-state index contributed by atoms with van der Waals surface area (Å²) in [6, 6.07) is 5.94. The number of rotatable bonds is 2. The predicted molar refractivity (Wildman–Crippen MR) is 68.5 cm³/mol. The molecule has 0 saturated carbocycles. The van der Waals surface area contributed by atoms with Crippen molar-refractivity contribution in [2.75, 3.05) is 0 Å². The van der Waals surface area contributed by atoms with Crippen LogP contribution in [-0.2, 0) is 0 Å². The SMILES string of the molecule is CC(C)n1cc(Br)c2c(C(N)=O)cccc21. The highest BCUT2D eigenvalue weighted by Gasteiger charge is 2.14. The van der Waals surface area contributed by atoms with Crippen LogP contribution in [0.15, 0.2) is 28.9 Å². The van der Waals surface area contributed by atoms with E-state index in [1.165, 1.54) is 0 Å². The van der Waals surface area contributed by atoms with Crippen LogP contribution >= 0.6 is 15.9 Å². The smallest absolute Gasteiger partial charge is 0.249 e. The number of carbonyl (C=O) groups is 1.